The minimum Gasteiger partial charge on any atom is -0.363 e. The quantitative estimate of drug-likeness (QED) is 0.428. The summed E-state index contributed by atoms with van der Waals surface area (Å²) in [7, 11) is 3.97. The smallest absolute Gasteiger partial charge is 0.253 e. The number of hydrogen-bond acceptors (Lipinski definition) is 5. The Morgan fingerprint density at radius 1 is 1.00 bits per heavy atom. The highest BCUT2D eigenvalue weighted by atomic mass is 32.2. The normalized spacial score (nSPS) is 13.5. The lowest BCUT2D eigenvalue weighted by Crippen LogP contribution is -2.27. The zero-order chi connectivity index (χ0) is 20.9. The number of thioether (sulfide) groups is 1. The molecule has 0 atom stereocenters. The second kappa shape index (κ2) is 9.30. The minimum absolute atomic E-state index is 0.136. The number of amides is 1. The topological polar surface area (TPSA) is 49.3 Å². The van der Waals surface area contributed by atoms with Crippen LogP contribution >= 0.6 is 11.8 Å². The van der Waals surface area contributed by atoms with Gasteiger partial charge in [0.2, 0.25) is 0 Å². The van der Waals surface area contributed by atoms with Gasteiger partial charge in [-0.3, -0.25) is 4.79 Å². The molecule has 0 spiro atoms. The van der Waals surface area contributed by atoms with E-state index in [1.54, 1.807) is 11.8 Å². The van der Waals surface area contributed by atoms with Gasteiger partial charge in [0.1, 0.15) is 5.82 Å². The molecule has 0 bridgehead atoms. The molecule has 0 radical (unpaired) electrons. The molecule has 1 saturated heterocycles. The molecule has 1 aromatic heterocycles. The van der Waals surface area contributed by atoms with E-state index < -0.39 is 0 Å². The molecular weight excluding hydrogens is 392 g/mol. The van der Waals surface area contributed by atoms with Gasteiger partial charge in [0.25, 0.3) is 5.91 Å². The van der Waals surface area contributed by atoms with E-state index in [2.05, 4.69) is 18.2 Å². The van der Waals surface area contributed by atoms with Gasteiger partial charge in [0, 0.05) is 50.1 Å². The highest BCUT2D eigenvalue weighted by molar-refractivity contribution is 7.98. The van der Waals surface area contributed by atoms with Crippen LogP contribution in [0.3, 0.4) is 0 Å². The Balaban J connectivity index is 1.53. The summed E-state index contributed by atoms with van der Waals surface area (Å²) in [6.45, 7) is 1.73. The number of carbonyl (C=O) groups excluding carboxylic acids is 1. The lowest BCUT2D eigenvalue weighted by Gasteiger charge is -2.16. The molecule has 0 N–H and O–H groups in total. The Morgan fingerprint density at radius 3 is 2.50 bits per heavy atom. The van der Waals surface area contributed by atoms with Gasteiger partial charge in [-0.25, -0.2) is 9.97 Å². The molecule has 1 aliphatic heterocycles. The first-order valence-electron chi connectivity index (χ1n) is 10.2. The summed E-state index contributed by atoms with van der Waals surface area (Å²) in [5.74, 6) is 1.73. The van der Waals surface area contributed by atoms with E-state index in [4.69, 9.17) is 9.97 Å². The van der Waals surface area contributed by atoms with E-state index in [-0.39, 0.29) is 5.91 Å². The fourth-order valence-electron chi connectivity index (χ4n) is 3.51. The Hall–Kier alpha value is -2.86. The van der Waals surface area contributed by atoms with Gasteiger partial charge in [0.05, 0.1) is 5.69 Å². The monoisotopic (exact) mass is 418 g/mol. The molecule has 0 aliphatic carbocycles. The molecule has 5 nitrogen and oxygen atoms in total. The van der Waals surface area contributed by atoms with Gasteiger partial charge >= 0.3 is 0 Å². The van der Waals surface area contributed by atoms with Crippen LogP contribution in [-0.4, -0.2) is 48.0 Å². The van der Waals surface area contributed by atoms with Crippen LogP contribution < -0.4 is 4.90 Å². The summed E-state index contributed by atoms with van der Waals surface area (Å²) in [4.78, 5) is 26.1. The van der Waals surface area contributed by atoms with Crippen LogP contribution in [0.2, 0.25) is 0 Å². The van der Waals surface area contributed by atoms with Gasteiger partial charge < -0.3 is 9.80 Å². The molecule has 2 heterocycles. The van der Waals surface area contributed by atoms with Crippen molar-refractivity contribution >= 4 is 23.5 Å². The van der Waals surface area contributed by atoms with Crippen LogP contribution in [-0.2, 0) is 5.75 Å². The van der Waals surface area contributed by atoms with Crippen LogP contribution in [0.25, 0.3) is 11.3 Å². The number of aromatic nitrogens is 2. The molecule has 154 valence electrons. The maximum absolute atomic E-state index is 12.7. The van der Waals surface area contributed by atoms with Crippen LogP contribution in [0.5, 0.6) is 0 Å². The molecule has 1 amide bonds. The molecule has 4 rings (SSSR count). The second-order valence-corrected chi connectivity index (χ2v) is 8.59. The Kier molecular flexibility index (Phi) is 6.33. The maximum atomic E-state index is 12.7. The van der Waals surface area contributed by atoms with Gasteiger partial charge in [0.15, 0.2) is 5.16 Å². The van der Waals surface area contributed by atoms with Crippen molar-refractivity contribution in [2.45, 2.75) is 23.8 Å². The highest BCUT2D eigenvalue weighted by Crippen LogP contribution is 2.27. The maximum Gasteiger partial charge on any atom is 0.253 e. The summed E-state index contributed by atoms with van der Waals surface area (Å²) in [6.07, 6.45) is 2.20. The van der Waals surface area contributed by atoms with E-state index in [0.29, 0.717) is 5.75 Å². The van der Waals surface area contributed by atoms with E-state index >= 15 is 0 Å². The molecule has 3 aromatic rings. The van der Waals surface area contributed by atoms with Crippen molar-refractivity contribution < 1.29 is 4.79 Å². The van der Waals surface area contributed by atoms with E-state index in [9.17, 15) is 4.79 Å². The average Bonchev–Trinajstić information content (AvgIpc) is 3.33. The third-order valence-corrected chi connectivity index (χ3v) is 6.07. The Bertz CT molecular complexity index is 1020. The fraction of sp³-hybridized carbons (Fsp3) is 0.292. The molecule has 2 aromatic carbocycles. The van der Waals surface area contributed by atoms with Crippen molar-refractivity contribution in [1.29, 1.82) is 0 Å². The minimum atomic E-state index is 0.136. The molecule has 30 heavy (non-hydrogen) atoms. The van der Waals surface area contributed by atoms with Gasteiger partial charge in [-0.1, -0.05) is 54.2 Å². The Labute approximate surface area is 182 Å². The number of benzene rings is 2. The van der Waals surface area contributed by atoms with Gasteiger partial charge in [-0.15, -0.1) is 0 Å². The standard InChI is InChI=1S/C24H26N4OS/c1-27(2)22-16-21(19-10-4-3-5-11-19)25-24(26-22)30-17-18-9-8-12-20(15-18)23(29)28-13-6-7-14-28/h3-5,8-12,15-16H,6-7,13-14,17H2,1-2H3. The Morgan fingerprint density at radius 2 is 1.77 bits per heavy atom. The second-order valence-electron chi connectivity index (χ2n) is 7.64. The lowest BCUT2D eigenvalue weighted by atomic mass is 10.1. The molecule has 0 saturated carbocycles. The van der Waals surface area contributed by atoms with Crippen molar-refractivity contribution in [2.24, 2.45) is 0 Å². The number of carbonyl (C=O) groups is 1. The fourth-order valence-corrected chi connectivity index (χ4v) is 4.30. The van der Waals surface area contributed by atoms with Crippen LogP contribution in [0.4, 0.5) is 5.82 Å². The highest BCUT2D eigenvalue weighted by Gasteiger charge is 2.19. The summed E-state index contributed by atoms with van der Waals surface area (Å²) in [5, 5.41) is 0.733. The van der Waals surface area contributed by atoms with Gasteiger partial charge in [-0.05, 0) is 30.5 Å². The predicted octanol–water partition coefficient (Wildman–Crippen LogP) is 4.74. The number of likely N-dealkylation sites (tertiary alicyclic amines) is 1. The number of anilines is 1. The van der Waals surface area contributed by atoms with Crippen molar-refractivity contribution in [3.63, 3.8) is 0 Å². The largest absolute Gasteiger partial charge is 0.363 e. The van der Waals surface area contributed by atoms with E-state index in [1.807, 2.05) is 66.4 Å². The first-order chi connectivity index (χ1) is 14.6. The van der Waals surface area contributed by atoms with Crippen molar-refractivity contribution in [2.75, 3.05) is 32.1 Å². The third-order valence-electron chi connectivity index (χ3n) is 5.16. The summed E-state index contributed by atoms with van der Waals surface area (Å²) < 4.78 is 0. The number of rotatable bonds is 6. The molecule has 1 aliphatic rings. The van der Waals surface area contributed by atoms with Crippen molar-refractivity contribution in [1.82, 2.24) is 14.9 Å². The zero-order valence-electron chi connectivity index (χ0n) is 17.4. The van der Waals surface area contributed by atoms with Crippen LogP contribution in [0.1, 0.15) is 28.8 Å². The van der Waals surface area contributed by atoms with Crippen LogP contribution in [0.15, 0.2) is 65.8 Å². The summed E-state index contributed by atoms with van der Waals surface area (Å²) in [5.41, 5.74) is 3.85. The summed E-state index contributed by atoms with van der Waals surface area (Å²) in [6, 6.07) is 20.1. The molecule has 6 heteroatoms. The zero-order valence-corrected chi connectivity index (χ0v) is 18.2. The van der Waals surface area contributed by atoms with Crippen molar-refractivity contribution in [3.8, 4) is 11.3 Å². The number of hydrogen-bond donors (Lipinski definition) is 0. The molecule has 1 fully saturated rings. The van der Waals surface area contributed by atoms with E-state index in [0.717, 1.165) is 59.3 Å². The molecular formula is C24H26N4OS. The van der Waals surface area contributed by atoms with Gasteiger partial charge in [-0.2, -0.15) is 0 Å². The predicted molar refractivity (Wildman–Crippen MR) is 123 cm³/mol. The SMILES string of the molecule is CN(C)c1cc(-c2ccccc2)nc(SCc2cccc(C(=O)N3CCCC3)c2)n1. The lowest BCUT2D eigenvalue weighted by molar-refractivity contribution is 0.0792. The number of nitrogens with zero attached hydrogens (tertiary/aromatic N) is 4. The first kappa shape index (κ1) is 20.4. The van der Waals surface area contributed by atoms with Crippen LogP contribution in [0, 0.1) is 0 Å². The van der Waals surface area contributed by atoms with Crippen molar-refractivity contribution in [3.05, 3.63) is 71.8 Å². The first-order valence-corrected chi connectivity index (χ1v) is 11.2. The van der Waals surface area contributed by atoms with E-state index in [1.165, 1.54) is 0 Å². The third kappa shape index (κ3) is 4.82. The summed E-state index contributed by atoms with van der Waals surface area (Å²) >= 11 is 1.59. The molecule has 0 unspecified atom stereocenters. The average molecular weight is 419 g/mol.